The van der Waals surface area contributed by atoms with Crippen LogP contribution in [-0.4, -0.2) is 22.5 Å². The third kappa shape index (κ3) is 4.57. The number of carbonyl (C=O) groups is 1. The van der Waals surface area contributed by atoms with Gasteiger partial charge in [0.1, 0.15) is 5.75 Å². The normalized spacial score (nSPS) is 10.2. The van der Waals surface area contributed by atoms with E-state index in [1.807, 2.05) is 37.3 Å². The largest absolute Gasteiger partial charge is 0.491 e. The summed E-state index contributed by atoms with van der Waals surface area (Å²) >= 11 is 0. The van der Waals surface area contributed by atoms with Gasteiger partial charge in [0.15, 0.2) is 0 Å². The lowest BCUT2D eigenvalue weighted by atomic mass is 10.1. The van der Waals surface area contributed by atoms with Gasteiger partial charge in [0.05, 0.1) is 12.3 Å². The maximum absolute atomic E-state index is 12.6. The van der Waals surface area contributed by atoms with Gasteiger partial charge in [0, 0.05) is 23.6 Å². The Morgan fingerprint density at radius 1 is 1.04 bits per heavy atom. The van der Waals surface area contributed by atoms with Crippen LogP contribution in [0.25, 0.3) is 0 Å². The Bertz CT molecular complexity index is 868. The van der Waals surface area contributed by atoms with Gasteiger partial charge >= 0.3 is 0 Å². The van der Waals surface area contributed by atoms with Crippen molar-refractivity contribution in [3.8, 4) is 5.75 Å². The van der Waals surface area contributed by atoms with Crippen molar-refractivity contribution >= 4 is 23.2 Å². The Hall–Kier alpha value is -3.41. The molecule has 6 nitrogen and oxygen atoms in total. The van der Waals surface area contributed by atoms with Gasteiger partial charge in [0.25, 0.3) is 5.91 Å². The van der Waals surface area contributed by atoms with E-state index in [4.69, 9.17) is 4.74 Å². The van der Waals surface area contributed by atoms with Crippen molar-refractivity contribution in [3.05, 3.63) is 72.6 Å². The molecule has 0 spiro atoms. The number of anilines is 3. The van der Waals surface area contributed by atoms with E-state index in [-0.39, 0.29) is 5.91 Å². The van der Waals surface area contributed by atoms with Gasteiger partial charge in [-0.25, -0.2) is 9.97 Å². The molecule has 3 rings (SSSR count). The van der Waals surface area contributed by atoms with E-state index in [1.54, 1.807) is 36.7 Å². The molecule has 1 aromatic heterocycles. The monoisotopic (exact) mass is 348 g/mol. The number of aromatic nitrogens is 2. The topological polar surface area (TPSA) is 76.1 Å². The number of para-hydroxylation sites is 2. The van der Waals surface area contributed by atoms with Crippen molar-refractivity contribution in [2.45, 2.75) is 13.3 Å². The van der Waals surface area contributed by atoms with Crippen molar-refractivity contribution < 1.29 is 9.53 Å². The molecule has 0 saturated carbocycles. The first kappa shape index (κ1) is 17.4. The van der Waals surface area contributed by atoms with Crippen LogP contribution in [0.2, 0.25) is 0 Å². The average molecular weight is 348 g/mol. The van der Waals surface area contributed by atoms with Crippen LogP contribution in [0.15, 0.2) is 67.0 Å². The maximum Gasteiger partial charge on any atom is 0.255 e. The lowest BCUT2D eigenvalue weighted by Crippen LogP contribution is -2.13. The van der Waals surface area contributed by atoms with E-state index >= 15 is 0 Å². The van der Waals surface area contributed by atoms with Crippen LogP contribution in [0.3, 0.4) is 0 Å². The fourth-order valence-electron chi connectivity index (χ4n) is 2.33. The first-order valence-corrected chi connectivity index (χ1v) is 8.43. The molecule has 6 heteroatoms. The minimum Gasteiger partial charge on any atom is -0.491 e. The molecule has 3 aromatic rings. The molecule has 1 heterocycles. The summed E-state index contributed by atoms with van der Waals surface area (Å²) in [6.45, 7) is 2.64. The molecule has 2 aromatic carbocycles. The lowest BCUT2D eigenvalue weighted by molar-refractivity contribution is 0.102. The standard InChI is InChI=1S/C20H20N4O2/c1-2-13-26-18-10-4-3-9-17(18)24-19(25)15-7-5-8-16(14-15)23-20-21-11-6-12-22-20/h3-12,14H,2,13H2,1H3,(H,24,25)(H,21,22,23). The second-order valence-electron chi connectivity index (χ2n) is 5.58. The summed E-state index contributed by atoms with van der Waals surface area (Å²) in [5.41, 5.74) is 1.91. The number of hydrogen-bond donors (Lipinski definition) is 2. The van der Waals surface area contributed by atoms with Gasteiger partial charge in [-0.05, 0) is 42.8 Å². The van der Waals surface area contributed by atoms with Gasteiger partial charge in [-0.3, -0.25) is 4.79 Å². The predicted octanol–water partition coefficient (Wildman–Crippen LogP) is 4.26. The summed E-state index contributed by atoms with van der Waals surface area (Å²) in [6.07, 6.45) is 4.20. The highest BCUT2D eigenvalue weighted by atomic mass is 16.5. The van der Waals surface area contributed by atoms with E-state index in [0.717, 1.165) is 12.1 Å². The number of carbonyl (C=O) groups excluding carboxylic acids is 1. The highest BCUT2D eigenvalue weighted by Gasteiger charge is 2.10. The van der Waals surface area contributed by atoms with E-state index in [2.05, 4.69) is 20.6 Å². The van der Waals surface area contributed by atoms with Crippen molar-refractivity contribution in [2.75, 3.05) is 17.2 Å². The van der Waals surface area contributed by atoms with E-state index < -0.39 is 0 Å². The summed E-state index contributed by atoms with van der Waals surface area (Å²) in [4.78, 5) is 20.9. The van der Waals surface area contributed by atoms with Crippen LogP contribution in [0, 0.1) is 0 Å². The van der Waals surface area contributed by atoms with Gasteiger partial charge < -0.3 is 15.4 Å². The van der Waals surface area contributed by atoms with Crippen molar-refractivity contribution in [3.63, 3.8) is 0 Å². The molecular formula is C20H20N4O2. The number of benzene rings is 2. The van der Waals surface area contributed by atoms with Crippen molar-refractivity contribution in [1.82, 2.24) is 9.97 Å². The molecule has 26 heavy (non-hydrogen) atoms. The Morgan fingerprint density at radius 2 is 1.85 bits per heavy atom. The minimum absolute atomic E-state index is 0.213. The molecule has 1 amide bonds. The molecule has 0 atom stereocenters. The Balaban J connectivity index is 1.73. The Morgan fingerprint density at radius 3 is 2.65 bits per heavy atom. The second kappa shape index (κ2) is 8.62. The zero-order chi connectivity index (χ0) is 18.2. The number of amides is 1. The average Bonchev–Trinajstić information content (AvgIpc) is 2.68. The maximum atomic E-state index is 12.6. The molecule has 132 valence electrons. The van der Waals surface area contributed by atoms with Crippen LogP contribution in [0.4, 0.5) is 17.3 Å². The molecular weight excluding hydrogens is 328 g/mol. The minimum atomic E-state index is -0.213. The second-order valence-corrected chi connectivity index (χ2v) is 5.58. The summed E-state index contributed by atoms with van der Waals surface area (Å²) in [5.74, 6) is 0.924. The molecule has 0 aliphatic heterocycles. The molecule has 2 N–H and O–H groups in total. The van der Waals surface area contributed by atoms with E-state index in [1.165, 1.54) is 0 Å². The number of ether oxygens (including phenoxy) is 1. The summed E-state index contributed by atoms with van der Waals surface area (Å²) in [5, 5.41) is 5.98. The van der Waals surface area contributed by atoms with Crippen LogP contribution >= 0.6 is 0 Å². The third-order valence-electron chi connectivity index (χ3n) is 3.54. The zero-order valence-electron chi connectivity index (χ0n) is 14.5. The van der Waals surface area contributed by atoms with Gasteiger partial charge in [-0.15, -0.1) is 0 Å². The highest BCUT2D eigenvalue weighted by Crippen LogP contribution is 2.25. The van der Waals surface area contributed by atoms with Crippen LogP contribution in [0.5, 0.6) is 5.75 Å². The Kier molecular flexibility index (Phi) is 5.77. The fourth-order valence-corrected chi connectivity index (χ4v) is 2.33. The molecule has 0 radical (unpaired) electrons. The number of nitrogens with zero attached hydrogens (tertiary/aromatic N) is 2. The van der Waals surface area contributed by atoms with E-state index in [9.17, 15) is 4.79 Å². The molecule has 0 unspecified atom stereocenters. The molecule has 0 fully saturated rings. The van der Waals surface area contributed by atoms with Crippen LogP contribution in [0.1, 0.15) is 23.7 Å². The van der Waals surface area contributed by atoms with Crippen molar-refractivity contribution in [2.24, 2.45) is 0 Å². The predicted molar refractivity (Wildman–Crippen MR) is 102 cm³/mol. The van der Waals surface area contributed by atoms with Gasteiger partial charge in [-0.2, -0.15) is 0 Å². The quantitative estimate of drug-likeness (QED) is 0.667. The molecule has 0 aliphatic rings. The summed E-state index contributed by atoms with van der Waals surface area (Å²) in [7, 11) is 0. The van der Waals surface area contributed by atoms with Crippen LogP contribution < -0.4 is 15.4 Å². The zero-order valence-corrected chi connectivity index (χ0v) is 14.5. The van der Waals surface area contributed by atoms with Crippen LogP contribution in [-0.2, 0) is 0 Å². The smallest absolute Gasteiger partial charge is 0.255 e. The summed E-state index contributed by atoms with van der Waals surface area (Å²) < 4.78 is 5.68. The fraction of sp³-hybridized carbons (Fsp3) is 0.150. The van der Waals surface area contributed by atoms with E-state index in [0.29, 0.717) is 29.6 Å². The number of hydrogen-bond acceptors (Lipinski definition) is 5. The summed E-state index contributed by atoms with van der Waals surface area (Å²) in [6, 6.07) is 16.3. The SMILES string of the molecule is CCCOc1ccccc1NC(=O)c1cccc(Nc2ncccn2)c1. The third-order valence-corrected chi connectivity index (χ3v) is 3.54. The highest BCUT2D eigenvalue weighted by molar-refractivity contribution is 6.05. The number of nitrogens with one attached hydrogen (secondary N) is 2. The first-order valence-electron chi connectivity index (χ1n) is 8.43. The van der Waals surface area contributed by atoms with Gasteiger partial charge in [-0.1, -0.05) is 25.1 Å². The lowest BCUT2D eigenvalue weighted by Gasteiger charge is -2.12. The molecule has 0 saturated heterocycles. The van der Waals surface area contributed by atoms with Gasteiger partial charge in [0.2, 0.25) is 5.95 Å². The molecule has 0 aliphatic carbocycles. The Labute approximate surface area is 152 Å². The molecule has 0 bridgehead atoms. The number of rotatable bonds is 7. The first-order chi connectivity index (χ1) is 12.8. The van der Waals surface area contributed by atoms with Crippen molar-refractivity contribution in [1.29, 1.82) is 0 Å².